The lowest BCUT2D eigenvalue weighted by Crippen LogP contribution is -2.30. The SMILES string of the molecule is Cc1ccccc1COc1ccccc1C(=O)N1CCC(CN)C1. The van der Waals surface area contributed by atoms with Crippen LogP contribution in [0, 0.1) is 12.8 Å². The van der Waals surface area contributed by atoms with E-state index in [0.29, 0.717) is 30.4 Å². The maximum atomic E-state index is 12.8. The van der Waals surface area contributed by atoms with Crippen LogP contribution in [0.1, 0.15) is 27.9 Å². The van der Waals surface area contributed by atoms with Crippen LogP contribution in [0.5, 0.6) is 5.75 Å². The molecule has 0 aromatic heterocycles. The van der Waals surface area contributed by atoms with Crippen LogP contribution in [0.15, 0.2) is 48.5 Å². The molecule has 0 bridgehead atoms. The van der Waals surface area contributed by atoms with Gasteiger partial charge in [0.2, 0.25) is 0 Å². The molecule has 0 radical (unpaired) electrons. The highest BCUT2D eigenvalue weighted by atomic mass is 16.5. The van der Waals surface area contributed by atoms with E-state index in [1.807, 2.05) is 47.4 Å². The van der Waals surface area contributed by atoms with E-state index in [1.54, 1.807) is 0 Å². The number of likely N-dealkylation sites (tertiary alicyclic amines) is 1. The number of amides is 1. The Morgan fingerprint density at radius 2 is 1.96 bits per heavy atom. The highest BCUT2D eigenvalue weighted by Gasteiger charge is 2.27. The Hall–Kier alpha value is -2.33. The minimum absolute atomic E-state index is 0.0336. The number of ether oxygens (including phenoxy) is 1. The molecule has 1 aliphatic rings. The smallest absolute Gasteiger partial charge is 0.257 e. The highest BCUT2D eigenvalue weighted by molar-refractivity contribution is 5.97. The molecule has 0 saturated carbocycles. The van der Waals surface area contributed by atoms with Crippen LogP contribution in [0.3, 0.4) is 0 Å². The summed E-state index contributed by atoms with van der Waals surface area (Å²) in [7, 11) is 0. The minimum Gasteiger partial charge on any atom is -0.488 e. The summed E-state index contributed by atoms with van der Waals surface area (Å²) >= 11 is 0. The lowest BCUT2D eigenvalue weighted by molar-refractivity contribution is 0.0782. The van der Waals surface area contributed by atoms with Crippen LogP contribution < -0.4 is 10.5 Å². The molecule has 126 valence electrons. The lowest BCUT2D eigenvalue weighted by atomic mass is 10.1. The fourth-order valence-corrected chi connectivity index (χ4v) is 3.08. The van der Waals surface area contributed by atoms with Crippen molar-refractivity contribution in [2.75, 3.05) is 19.6 Å². The quantitative estimate of drug-likeness (QED) is 0.920. The van der Waals surface area contributed by atoms with Crippen LogP contribution in [0.25, 0.3) is 0 Å². The Bertz CT molecular complexity index is 714. The predicted molar refractivity (Wildman–Crippen MR) is 95.0 cm³/mol. The Kier molecular flexibility index (Phi) is 5.16. The monoisotopic (exact) mass is 324 g/mol. The zero-order valence-corrected chi connectivity index (χ0v) is 14.1. The molecule has 1 aliphatic heterocycles. The summed E-state index contributed by atoms with van der Waals surface area (Å²) < 4.78 is 5.97. The summed E-state index contributed by atoms with van der Waals surface area (Å²) in [5, 5.41) is 0. The van der Waals surface area contributed by atoms with E-state index in [1.165, 1.54) is 5.56 Å². The first-order valence-corrected chi connectivity index (χ1v) is 8.44. The molecule has 4 heteroatoms. The molecule has 2 N–H and O–H groups in total. The topological polar surface area (TPSA) is 55.6 Å². The molecule has 1 saturated heterocycles. The first-order valence-electron chi connectivity index (χ1n) is 8.44. The van der Waals surface area contributed by atoms with Gasteiger partial charge in [0.15, 0.2) is 0 Å². The number of hydrogen-bond donors (Lipinski definition) is 1. The molecule has 4 nitrogen and oxygen atoms in total. The van der Waals surface area contributed by atoms with Crippen molar-refractivity contribution in [3.63, 3.8) is 0 Å². The van der Waals surface area contributed by atoms with Crippen molar-refractivity contribution < 1.29 is 9.53 Å². The van der Waals surface area contributed by atoms with Gasteiger partial charge in [-0.15, -0.1) is 0 Å². The molecule has 1 amide bonds. The van der Waals surface area contributed by atoms with E-state index in [0.717, 1.165) is 25.1 Å². The van der Waals surface area contributed by atoms with Crippen LogP contribution in [0.2, 0.25) is 0 Å². The second-order valence-corrected chi connectivity index (χ2v) is 6.35. The molecule has 24 heavy (non-hydrogen) atoms. The average molecular weight is 324 g/mol. The van der Waals surface area contributed by atoms with E-state index in [4.69, 9.17) is 10.5 Å². The predicted octanol–water partition coefficient (Wildman–Crippen LogP) is 2.99. The van der Waals surface area contributed by atoms with Crippen molar-refractivity contribution in [2.24, 2.45) is 11.7 Å². The Balaban J connectivity index is 1.73. The molecule has 2 aromatic carbocycles. The molecule has 1 atom stereocenters. The second kappa shape index (κ2) is 7.49. The first kappa shape index (κ1) is 16.5. The largest absolute Gasteiger partial charge is 0.488 e. The average Bonchev–Trinajstić information content (AvgIpc) is 3.10. The number of nitrogens with two attached hydrogens (primary N) is 1. The molecule has 1 unspecified atom stereocenters. The molecular formula is C20H24N2O2. The van der Waals surface area contributed by atoms with Gasteiger partial charge in [0.25, 0.3) is 5.91 Å². The summed E-state index contributed by atoms with van der Waals surface area (Å²) in [6.07, 6.45) is 0.981. The van der Waals surface area contributed by atoms with Crippen molar-refractivity contribution in [3.8, 4) is 5.75 Å². The summed E-state index contributed by atoms with van der Waals surface area (Å²) in [6.45, 7) is 4.67. The molecule has 1 heterocycles. The van der Waals surface area contributed by atoms with Gasteiger partial charge < -0.3 is 15.4 Å². The molecule has 3 rings (SSSR count). The van der Waals surface area contributed by atoms with Gasteiger partial charge in [-0.3, -0.25) is 4.79 Å². The number of carbonyl (C=O) groups is 1. The zero-order valence-electron chi connectivity index (χ0n) is 14.1. The fraction of sp³-hybridized carbons (Fsp3) is 0.350. The summed E-state index contributed by atoms with van der Waals surface area (Å²) in [6, 6.07) is 15.6. The van der Waals surface area contributed by atoms with Crippen LogP contribution in [0.4, 0.5) is 0 Å². The normalized spacial score (nSPS) is 17.1. The number of rotatable bonds is 5. The standard InChI is InChI=1S/C20H24N2O2/c1-15-6-2-3-7-17(15)14-24-19-9-5-4-8-18(19)20(23)22-11-10-16(12-21)13-22/h2-9,16H,10-14,21H2,1H3. The van der Waals surface area contributed by atoms with Crippen molar-refractivity contribution >= 4 is 5.91 Å². The van der Waals surface area contributed by atoms with E-state index >= 15 is 0 Å². The first-order chi connectivity index (χ1) is 11.7. The number of hydrogen-bond acceptors (Lipinski definition) is 3. The van der Waals surface area contributed by atoms with Crippen molar-refractivity contribution in [1.29, 1.82) is 0 Å². The van der Waals surface area contributed by atoms with E-state index in [-0.39, 0.29) is 5.91 Å². The van der Waals surface area contributed by atoms with Crippen LogP contribution >= 0.6 is 0 Å². The number of para-hydroxylation sites is 1. The summed E-state index contributed by atoms with van der Waals surface area (Å²) in [5.74, 6) is 1.09. The molecule has 0 aliphatic carbocycles. The Morgan fingerprint density at radius 1 is 1.21 bits per heavy atom. The molecule has 1 fully saturated rings. The van der Waals surface area contributed by atoms with Crippen molar-refractivity contribution in [2.45, 2.75) is 20.0 Å². The van der Waals surface area contributed by atoms with Gasteiger partial charge in [-0.05, 0) is 49.1 Å². The van der Waals surface area contributed by atoms with E-state index in [9.17, 15) is 4.79 Å². The van der Waals surface area contributed by atoms with Crippen LogP contribution in [-0.2, 0) is 6.61 Å². The van der Waals surface area contributed by atoms with Gasteiger partial charge in [0, 0.05) is 13.1 Å². The maximum absolute atomic E-state index is 12.8. The fourth-order valence-electron chi connectivity index (χ4n) is 3.08. The number of aryl methyl sites for hydroxylation is 1. The summed E-state index contributed by atoms with van der Waals surface area (Å²) in [5.41, 5.74) is 8.67. The molecule has 0 spiro atoms. The van der Waals surface area contributed by atoms with Crippen molar-refractivity contribution in [3.05, 3.63) is 65.2 Å². The van der Waals surface area contributed by atoms with Crippen molar-refractivity contribution in [1.82, 2.24) is 4.90 Å². The van der Waals surface area contributed by atoms with Gasteiger partial charge in [0.1, 0.15) is 12.4 Å². The Morgan fingerprint density at radius 3 is 2.71 bits per heavy atom. The van der Waals surface area contributed by atoms with E-state index in [2.05, 4.69) is 13.0 Å². The maximum Gasteiger partial charge on any atom is 0.257 e. The van der Waals surface area contributed by atoms with E-state index < -0.39 is 0 Å². The zero-order chi connectivity index (χ0) is 16.9. The van der Waals surface area contributed by atoms with Gasteiger partial charge >= 0.3 is 0 Å². The van der Waals surface area contributed by atoms with Gasteiger partial charge in [-0.1, -0.05) is 36.4 Å². The van der Waals surface area contributed by atoms with Gasteiger partial charge in [0.05, 0.1) is 5.56 Å². The molecule has 2 aromatic rings. The van der Waals surface area contributed by atoms with Gasteiger partial charge in [-0.2, -0.15) is 0 Å². The lowest BCUT2D eigenvalue weighted by Gasteiger charge is -2.19. The van der Waals surface area contributed by atoms with Crippen LogP contribution in [-0.4, -0.2) is 30.4 Å². The third kappa shape index (κ3) is 3.60. The highest BCUT2D eigenvalue weighted by Crippen LogP contribution is 2.24. The molecular weight excluding hydrogens is 300 g/mol. The third-order valence-electron chi connectivity index (χ3n) is 4.67. The second-order valence-electron chi connectivity index (χ2n) is 6.35. The van der Waals surface area contributed by atoms with Gasteiger partial charge in [-0.25, -0.2) is 0 Å². The number of carbonyl (C=O) groups excluding carboxylic acids is 1. The minimum atomic E-state index is 0.0336. The third-order valence-corrected chi connectivity index (χ3v) is 4.67. The summed E-state index contributed by atoms with van der Waals surface area (Å²) in [4.78, 5) is 14.7. The Labute approximate surface area is 143 Å². The number of benzene rings is 2. The number of nitrogens with zero attached hydrogens (tertiary/aromatic N) is 1.